The average molecular weight is 472 g/mol. The fraction of sp³-hybridized carbons (Fsp3) is 0.207. The van der Waals surface area contributed by atoms with Crippen molar-refractivity contribution < 1.29 is 21.5 Å². The summed E-state index contributed by atoms with van der Waals surface area (Å²) in [6, 6.07) is 37.5. The first-order chi connectivity index (χ1) is 14.8. The Morgan fingerprint density at radius 1 is 0.548 bits per heavy atom. The lowest BCUT2D eigenvalue weighted by Crippen LogP contribution is -3.00. The van der Waals surface area contributed by atoms with E-state index in [2.05, 4.69) is 127 Å². The van der Waals surface area contributed by atoms with Crippen molar-refractivity contribution in [1.82, 2.24) is 0 Å². The SMILES string of the molecule is CC[n+]1ccc(C(Cc2ccccc2)(Cc2ccccc2)Cc2ccccc2)cc1.[Br-]. The molecule has 0 saturated carbocycles. The summed E-state index contributed by atoms with van der Waals surface area (Å²) in [7, 11) is 0. The van der Waals surface area contributed by atoms with Crippen LogP contribution >= 0.6 is 0 Å². The maximum Gasteiger partial charge on any atom is 0.169 e. The van der Waals surface area contributed by atoms with E-state index in [1.807, 2.05) is 0 Å². The maximum absolute atomic E-state index is 2.33. The van der Waals surface area contributed by atoms with Gasteiger partial charge in [-0.2, -0.15) is 0 Å². The average Bonchev–Trinajstić information content (AvgIpc) is 2.81. The minimum atomic E-state index is -0.0170. The number of aryl methyl sites for hydroxylation is 1. The van der Waals surface area contributed by atoms with Crippen molar-refractivity contribution in [3.8, 4) is 0 Å². The standard InChI is InChI=1S/C29H30N.BrH/c1-2-30-20-18-28(19-21-30)29(22-25-12-6-3-7-13-25,23-26-14-8-4-9-15-26)24-27-16-10-5-11-17-27;/h3-21H,2,22-24H2,1H3;1H/q+1;/p-1. The summed E-state index contributed by atoms with van der Waals surface area (Å²) in [6.07, 6.45) is 7.48. The van der Waals surface area contributed by atoms with Crippen molar-refractivity contribution in [1.29, 1.82) is 0 Å². The van der Waals surface area contributed by atoms with Gasteiger partial charge in [-0.05, 0) is 48.4 Å². The molecule has 0 N–H and O–H groups in total. The van der Waals surface area contributed by atoms with Gasteiger partial charge in [0.25, 0.3) is 0 Å². The van der Waals surface area contributed by atoms with Crippen LogP contribution in [0.4, 0.5) is 0 Å². The fourth-order valence-electron chi connectivity index (χ4n) is 4.48. The zero-order valence-corrected chi connectivity index (χ0v) is 19.7. The van der Waals surface area contributed by atoms with Gasteiger partial charge in [0.15, 0.2) is 12.4 Å². The lowest BCUT2D eigenvalue weighted by atomic mass is 9.68. The van der Waals surface area contributed by atoms with E-state index < -0.39 is 0 Å². The largest absolute Gasteiger partial charge is 1.00 e. The van der Waals surface area contributed by atoms with E-state index >= 15 is 0 Å². The van der Waals surface area contributed by atoms with Crippen LogP contribution in [0.3, 0.4) is 0 Å². The van der Waals surface area contributed by atoms with E-state index in [9.17, 15) is 0 Å². The molecule has 0 unspecified atom stereocenters. The molecule has 1 nitrogen and oxygen atoms in total. The molecule has 158 valence electrons. The zero-order valence-electron chi connectivity index (χ0n) is 18.1. The van der Waals surface area contributed by atoms with Crippen LogP contribution in [-0.2, 0) is 31.2 Å². The molecule has 0 atom stereocenters. The molecule has 2 heteroatoms. The fourth-order valence-corrected chi connectivity index (χ4v) is 4.48. The first kappa shape index (κ1) is 23.0. The van der Waals surface area contributed by atoms with Gasteiger partial charge in [-0.25, -0.2) is 4.57 Å². The second-order valence-electron chi connectivity index (χ2n) is 8.18. The monoisotopic (exact) mass is 471 g/mol. The van der Waals surface area contributed by atoms with Crippen LogP contribution in [0.25, 0.3) is 0 Å². The zero-order chi connectivity index (χ0) is 20.7. The third-order valence-electron chi connectivity index (χ3n) is 6.02. The molecule has 3 aromatic carbocycles. The van der Waals surface area contributed by atoms with E-state index in [1.165, 1.54) is 22.3 Å². The highest BCUT2D eigenvalue weighted by Gasteiger charge is 2.34. The van der Waals surface area contributed by atoms with E-state index in [0.29, 0.717) is 0 Å². The molecule has 31 heavy (non-hydrogen) atoms. The molecule has 0 radical (unpaired) electrons. The maximum atomic E-state index is 2.33. The Kier molecular flexibility index (Phi) is 8.20. The predicted octanol–water partition coefficient (Wildman–Crippen LogP) is 2.96. The number of hydrogen-bond donors (Lipinski definition) is 0. The van der Waals surface area contributed by atoms with Crippen LogP contribution in [0, 0.1) is 0 Å². The number of pyridine rings is 1. The summed E-state index contributed by atoms with van der Waals surface area (Å²) in [5, 5.41) is 0. The van der Waals surface area contributed by atoms with Gasteiger partial charge in [-0.1, -0.05) is 91.0 Å². The molecule has 4 rings (SSSR count). The molecule has 0 aliphatic heterocycles. The first-order valence-corrected chi connectivity index (χ1v) is 10.9. The molecule has 4 aromatic rings. The smallest absolute Gasteiger partial charge is 0.169 e. The molecule has 0 spiro atoms. The molecule has 0 aliphatic carbocycles. The minimum Gasteiger partial charge on any atom is -1.00 e. The normalized spacial score (nSPS) is 11.0. The lowest BCUT2D eigenvalue weighted by molar-refractivity contribution is -0.693. The number of hydrogen-bond acceptors (Lipinski definition) is 0. The third kappa shape index (κ3) is 5.92. The van der Waals surface area contributed by atoms with Crippen molar-refractivity contribution in [3.63, 3.8) is 0 Å². The van der Waals surface area contributed by atoms with Crippen molar-refractivity contribution in [2.75, 3.05) is 0 Å². The number of benzene rings is 3. The predicted molar refractivity (Wildman–Crippen MR) is 124 cm³/mol. The quantitative estimate of drug-likeness (QED) is 0.348. The highest BCUT2D eigenvalue weighted by atomic mass is 79.9. The number of nitrogens with zero attached hydrogens (tertiary/aromatic N) is 1. The van der Waals surface area contributed by atoms with Crippen LogP contribution in [-0.4, -0.2) is 0 Å². The summed E-state index contributed by atoms with van der Waals surface area (Å²) in [5.41, 5.74) is 5.55. The molecule has 0 saturated heterocycles. The van der Waals surface area contributed by atoms with E-state index in [1.54, 1.807) is 0 Å². The van der Waals surface area contributed by atoms with Gasteiger partial charge in [-0.3, -0.25) is 0 Å². The Balaban J connectivity index is 0.00000272. The van der Waals surface area contributed by atoms with Gasteiger partial charge in [0.1, 0.15) is 6.54 Å². The van der Waals surface area contributed by atoms with Gasteiger partial charge < -0.3 is 17.0 Å². The lowest BCUT2D eigenvalue weighted by Gasteiger charge is -2.35. The van der Waals surface area contributed by atoms with Crippen molar-refractivity contribution in [2.24, 2.45) is 0 Å². The van der Waals surface area contributed by atoms with Gasteiger partial charge in [0.2, 0.25) is 0 Å². The molecule has 1 aromatic heterocycles. The van der Waals surface area contributed by atoms with Crippen molar-refractivity contribution in [2.45, 2.75) is 38.1 Å². The van der Waals surface area contributed by atoms with Crippen molar-refractivity contribution >= 4 is 0 Å². The Morgan fingerprint density at radius 3 is 1.23 bits per heavy atom. The second kappa shape index (κ2) is 11.1. The van der Waals surface area contributed by atoms with Crippen LogP contribution in [0.15, 0.2) is 116 Å². The van der Waals surface area contributed by atoms with Crippen LogP contribution in [0.2, 0.25) is 0 Å². The Hall–Kier alpha value is -2.71. The van der Waals surface area contributed by atoms with Gasteiger partial charge >= 0.3 is 0 Å². The molecule has 0 amide bonds. The summed E-state index contributed by atoms with van der Waals surface area (Å²) < 4.78 is 2.24. The number of aromatic nitrogens is 1. The molecular formula is C29H30BrN. The Labute approximate surface area is 197 Å². The Bertz CT molecular complexity index is 927. The number of rotatable bonds is 8. The van der Waals surface area contributed by atoms with Crippen LogP contribution in [0.5, 0.6) is 0 Å². The summed E-state index contributed by atoms with van der Waals surface area (Å²) in [4.78, 5) is 0. The van der Waals surface area contributed by atoms with Crippen LogP contribution < -0.4 is 21.5 Å². The van der Waals surface area contributed by atoms with E-state index in [-0.39, 0.29) is 22.4 Å². The molecule has 0 aliphatic rings. The molecule has 1 heterocycles. The second-order valence-corrected chi connectivity index (χ2v) is 8.18. The summed E-state index contributed by atoms with van der Waals surface area (Å²) >= 11 is 0. The minimum absolute atomic E-state index is 0. The highest BCUT2D eigenvalue weighted by molar-refractivity contribution is 5.34. The van der Waals surface area contributed by atoms with Crippen molar-refractivity contribution in [3.05, 3.63) is 138 Å². The highest BCUT2D eigenvalue weighted by Crippen LogP contribution is 2.36. The van der Waals surface area contributed by atoms with Gasteiger partial charge in [0.05, 0.1) is 0 Å². The van der Waals surface area contributed by atoms with Crippen LogP contribution in [0.1, 0.15) is 29.2 Å². The van der Waals surface area contributed by atoms with Gasteiger partial charge in [-0.15, -0.1) is 0 Å². The summed E-state index contributed by atoms with van der Waals surface area (Å²) in [5.74, 6) is 0. The summed E-state index contributed by atoms with van der Waals surface area (Å²) in [6.45, 7) is 3.17. The number of halogens is 1. The molecule has 0 bridgehead atoms. The third-order valence-corrected chi connectivity index (χ3v) is 6.02. The molecule has 0 fully saturated rings. The van der Waals surface area contributed by atoms with E-state index in [0.717, 1.165) is 25.8 Å². The molecular weight excluding hydrogens is 442 g/mol. The topological polar surface area (TPSA) is 3.88 Å². The van der Waals surface area contributed by atoms with E-state index in [4.69, 9.17) is 0 Å². The Morgan fingerprint density at radius 2 is 0.903 bits per heavy atom. The first-order valence-electron chi connectivity index (χ1n) is 10.9. The van der Waals surface area contributed by atoms with Gasteiger partial charge in [0, 0.05) is 17.5 Å².